The second kappa shape index (κ2) is 6.44. The van der Waals surface area contributed by atoms with Gasteiger partial charge in [-0.25, -0.2) is 0 Å². The number of rotatable bonds is 6. The summed E-state index contributed by atoms with van der Waals surface area (Å²) in [6, 6.07) is 7.68. The molecule has 74 valence electrons. The first-order valence-electron chi connectivity index (χ1n) is 4.66. The van der Waals surface area contributed by atoms with E-state index in [1.807, 2.05) is 42.1 Å². The highest BCUT2D eigenvalue weighted by Gasteiger charge is 1.94. The normalized spacial score (nSPS) is 9.71. The Morgan fingerprint density at radius 2 is 2.00 bits per heavy atom. The van der Waals surface area contributed by atoms with Gasteiger partial charge in [0.1, 0.15) is 6.29 Å². The minimum atomic E-state index is 0.737. The zero-order valence-electron chi connectivity index (χ0n) is 8.11. The van der Waals surface area contributed by atoms with Crippen molar-refractivity contribution in [2.24, 2.45) is 0 Å². The monoisotopic (exact) mass is 206 g/mol. The largest absolute Gasteiger partial charge is 0.298 e. The van der Waals surface area contributed by atoms with E-state index in [9.17, 15) is 4.79 Å². The molecule has 0 bridgehead atoms. The van der Waals surface area contributed by atoms with Crippen LogP contribution in [-0.4, -0.2) is 12.0 Å². The van der Waals surface area contributed by atoms with Crippen molar-refractivity contribution in [2.45, 2.75) is 17.7 Å². The lowest BCUT2D eigenvalue weighted by atomic mass is 10.2. The van der Waals surface area contributed by atoms with Crippen molar-refractivity contribution < 1.29 is 4.79 Å². The first kappa shape index (κ1) is 11.1. The standard InChI is InChI=1S/C12H14OS/c1-2-3-4-9-14-12-7-5-11(10-13)6-8-12/h2,5-8,10H,1,3-4,9H2. The maximum absolute atomic E-state index is 10.4. The van der Waals surface area contributed by atoms with Crippen LogP contribution in [0.15, 0.2) is 41.8 Å². The Morgan fingerprint density at radius 3 is 2.57 bits per heavy atom. The summed E-state index contributed by atoms with van der Waals surface area (Å²) in [6.07, 6.45) is 5.03. The molecule has 0 saturated carbocycles. The summed E-state index contributed by atoms with van der Waals surface area (Å²) in [6.45, 7) is 3.68. The number of hydrogen-bond donors (Lipinski definition) is 0. The van der Waals surface area contributed by atoms with Gasteiger partial charge in [0.15, 0.2) is 0 Å². The van der Waals surface area contributed by atoms with Crippen LogP contribution in [0.1, 0.15) is 23.2 Å². The van der Waals surface area contributed by atoms with Crippen molar-refractivity contribution in [2.75, 3.05) is 5.75 Å². The molecule has 0 fully saturated rings. The number of allylic oxidation sites excluding steroid dienone is 1. The van der Waals surface area contributed by atoms with Crippen LogP contribution in [0.2, 0.25) is 0 Å². The Labute approximate surface area is 89.2 Å². The summed E-state index contributed by atoms with van der Waals surface area (Å²) in [5.41, 5.74) is 0.737. The summed E-state index contributed by atoms with van der Waals surface area (Å²) >= 11 is 1.82. The summed E-state index contributed by atoms with van der Waals surface area (Å²) in [5.74, 6) is 1.10. The molecule has 1 rings (SSSR count). The molecule has 1 aromatic carbocycles. The van der Waals surface area contributed by atoms with Gasteiger partial charge in [0, 0.05) is 10.5 Å². The number of unbranched alkanes of at least 4 members (excludes halogenated alkanes) is 1. The molecule has 0 aromatic heterocycles. The quantitative estimate of drug-likeness (QED) is 0.306. The van der Waals surface area contributed by atoms with Crippen molar-refractivity contribution >= 4 is 18.0 Å². The first-order valence-corrected chi connectivity index (χ1v) is 5.64. The average molecular weight is 206 g/mol. The Kier molecular flexibility index (Phi) is 5.08. The molecule has 0 aliphatic heterocycles. The Morgan fingerprint density at radius 1 is 1.29 bits per heavy atom. The fourth-order valence-corrected chi connectivity index (χ4v) is 1.94. The SMILES string of the molecule is C=CCCCSc1ccc(C=O)cc1. The van der Waals surface area contributed by atoms with Gasteiger partial charge < -0.3 is 0 Å². The minimum Gasteiger partial charge on any atom is -0.298 e. The van der Waals surface area contributed by atoms with Gasteiger partial charge >= 0.3 is 0 Å². The van der Waals surface area contributed by atoms with E-state index in [1.54, 1.807) is 0 Å². The van der Waals surface area contributed by atoms with E-state index in [-0.39, 0.29) is 0 Å². The van der Waals surface area contributed by atoms with Crippen molar-refractivity contribution in [3.05, 3.63) is 42.5 Å². The Hall–Kier alpha value is -1.02. The van der Waals surface area contributed by atoms with Gasteiger partial charge in [-0.2, -0.15) is 0 Å². The molecular weight excluding hydrogens is 192 g/mol. The molecule has 0 radical (unpaired) electrons. The van der Waals surface area contributed by atoms with Gasteiger partial charge in [-0.05, 0) is 30.7 Å². The van der Waals surface area contributed by atoms with E-state index in [1.165, 1.54) is 4.90 Å². The van der Waals surface area contributed by atoms with Crippen LogP contribution in [0.5, 0.6) is 0 Å². The van der Waals surface area contributed by atoms with Crippen LogP contribution in [0.25, 0.3) is 0 Å². The molecule has 0 heterocycles. The van der Waals surface area contributed by atoms with Crippen LogP contribution in [0.3, 0.4) is 0 Å². The zero-order chi connectivity index (χ0) is 10.2. The van der Waals surface area contributed by atoms with Crippen LogP contribution in [0.4, 0.5) is 0 Å². The summed E-state index contributed by atoms with van der Waals surface area (Å²) in [4.78, 5) is 11.6. The van der Waals surface area contributed by atoms with Crippen LogP contribution in [0, 0.1) is 0 Å². The van der Waals surface area contributed by atoms with Gasteiger partial charge in [-0.3, -0.25) is 4.79 Å². The second-order valence-corrected chi connectivity index (χ2v) is 4.13. The van der Waals surface area contributed by atoms with Crippen LogP contribution < -0.4 is 0 Å². The molecule has 0 aliphatic rings. The predicted octanol–water partition coefficient (Wildman–Crippen LogP) is 3.56. The predicted molar refractivity (Wildman–Crippen MR) is 62.0 cm³/mol. The molecular formula is C12H14OS. The van der Waals surface area contributed by atoms with E-state index in [0.29, 0.717) is 0 Å². The van der Waals surface area contributed by atoms with Gasteiger partial charge in [-0.1, -0.05) is 18.2 Å². The lowest BCUT2D eigenvalue weighted by Gasteiger charge is -2.00. The molecule has 0 aliphatic carbocycles. The van der Waals surface area contributed by atoms with Crippen LogP contribution >= 0.6 is 11.8 Å². The highest BCUT2D eigenvalue weighted by atomic mass is 32.2. The molecule has 0 amide bonds. The molecule has 14 heavy (non-hydrogen) atoms. The number of carbonyl (C=O) groups is 1. The molecule has 0 unspecified atom stereocenters. The van der Waals surface area contributed by atoms with E-state index < -0.39 is 0 Å². The van der Waals surface area contributed by atoms with Crippen molar-refractivity contribution in [1.82, 2.24) is 0 Å². The molecule has 0 N–H and O–H groups in total. The zero-order valence-corrected chi connectivity index (χ0v) is 8.93. The second-order valence-electron chi connectivity index (χ2n) is 2.97. The molecule has 2 heteroatoms. The number of thioether (sulfide) groups is 1. The van der Waals surface area contributed by atoms with E-state index in [2.05, 4.69) is 6.58 Å². The topological polar surface area (TPSA) is 17.1 Å². The van der Waals surface area contributed by atoms with E-state index in [4.69, 9.17) is 0 Å². The van der Waals surface area contributed by atoms with Gasteiger partial charge in [-0.15, -0.1) is 18.3 Å². The smallest absolute Gasteiger partial charge is 0.150 e. The fourth-order valence-electron chi connectivity index (χ4n) is 1.06. The molecule has 1 nitrogen and oxygen atoms in total. The third kappa shape index (κ3) is 3.79. The number of carbonyl (C=O) groups excluding carboxylic acids is 1. The molecule has 0 saturated heterocycles. The molecule has 0 spiro atoms. The highest BCUT2D eigenvalue weighted by molar-refractivity contribution is 7.99. The van der Waals surface area contributed by atoms with Crippen molar-refractivity contribution in [1.29, 1.82) is 0 Å². The number of aldehydes is 1. The summed E-state index contributed by atoms with van der Waals surface area (Å²) in [5, 5.41) is 0. The van der Waals surface area contributed by atoms with E-state index in [0.717, 1.165) is 30.4 Å². The van der Waals surface area contributed by atoms with Crippen molar-refractivity contribution in [3.8, 4) is 0 Å². The van der Waals surface area contributed by atoms with Crippen LogP contribution in [-0.2, 0) is 0 Å². The minimum absolute atomic E-state index is 0.737. The fraction of sp³-hybridized carbons (Fsp3) is 0.250. The van der Waals surface area contributed by atoms with E-state index >= 15 is 0 Å². The number of benzene rings is 1. The van der Waals surface area contributed by atoms with Gasteiger partial charge in [0.25, 0.3) is 0 Å². The third-order valence-electron chi connectivity index (χ3n) is 1.84. The van der Waals surface area contributed by atoms with Gasteiger partial charge in [0.05, 0.1) is 0 Å². The highest BCUT2D eigenvalue weighted by Crippen LogP contribution is 2.19. The summed E-state index contributed by atoms with van der Waals surface area (Å²) in [7, 11) is 0. The Balaban J connectivity index is 2.36. The average Bonchev–Trinajstić information content (AvgIpc) is 2.25. The molecule has 0 atom stereocenters. The first-order chi connectivity index (χ1) is 6.86. The lowest BCUT2D eigenvalue weighted by molar-refractivity contribution is 0.112. The number of hydrogen-bond acceptors (Lipinski definition) is 2. The summed E-state index contributed by atoms with van der Waals surface area (Å²) < 4.78 is 0. The molecule has 1 aromatic rings. The maximum Gasteiger partial charge on any atom is 0.150 e. The third-order valence-corrected chi connectivity index (χ3v) is 2.94. The Bertz CT molecular complexity index is 290. The van der Waals surface area contributed by atoms with Gasteiger partial charge in [0.2, 0.25) is 0 Å². The lowest BCUT2D eigenvalue weighted by Crippen LogP contribution is -1.81. The maximum atomic E-state index is 10.4. The van der Waals surface area contributed by atoms with Crippen molar-refractivity contribution in [3.63, 3.8) is 0 Å².